The number of fused-ring (bicyclic) bond motifs is 1. The molecule has 0 aliphatic rings. The van der Waals surface area contributed by atoms with Crippen molar-refractivity contribution in [3.05, 3.63) is 77.9 Å². The maximum Gasteiger partial charge on any atom is 0.258 e. The number of ether oxygens (including phenoxy) is 1. The van der Waals surface area contributed by atoms with Crippen molar-refractivity contribution < 1.29 is 18.3 Å². The van der Waals surface area contributed by atoms with Crippen LogP contribution in [0, 0.1) is 11.6 Å². The summed E-state index contributed by atoms with van der Waals surface area (Å²) in [6, 6.07) is 16.0. The van der Waals surface area contributed by atoms with Gasteiger partial charge in [-0.3, -0.25) is 4.79 Å². The Kier molecular flexibility index (Phi) is 4.93. The molecule has 0 heterocycles. The Balaban J connectivity index is 1.64. The fraction of sp³-hybridized carbons (Fsp3) is 0.150. The zero-order chi connectivity index (χ0) is 17.8. The molecule has 1 N–H and O–H groups in total. The second kappa shape index (κ2) is 7.30. The minimum atomic E-state index is -0.692. The van der Waals surface area contributed by atoms with Gasteiger partial charge in [0.15, 0.2) is 6.61 Å². The highest BCUT2D eigenvalue weighted by Gasteiger charge is 2.15. The average molecular weight is 341 g/mol. The molecule has 3 aromatic carbocycles. The lowest BCUT2D eigenvalue weighted by atomic mass is 10.1. The van der Waals surface area contributed by atoms with Gasteiger partial charge in [-0.15, -0.1) is 0 Å². The number of carbonyl (C=O) groups is 1. The number of hydrogen-bond donors (Lipinski definition) is 1. The third-order valence-corrected chi connectivity index (χ3v) is 3.91. The van der Waals surface area contributed by atoms with Crippen LogP contribution in [0.4, 0.5) is 8.78 Å². The first-order valence-corrected chi connectivity index (χ1v) is 7.89. The number of hydrogen-bond acceptors (Lipinski definition) is 2. The van der Waals surface area contributed by atoms with Crippen molar-refractivity contribution in [2.24, 2.45) is 0 Å². The van der Waals surface area contributed by atoms with E-state index in [2.05, 4.69) is 5.32 Å². The molecule has 1 amide bonds. The molecule has 5 heteroatoms. The van der Waals surface area contributed by atoms with Gasteiger partial charge in [0, 0.05) is 17.0 Å². The molecule has 0 radical (unpaired) electrons. The first kappa shape index (κ1) is 16.9. The summed E-state index contributed by atoms with van der Waals surface area (Å²) in [6.07, 6.45) is 0. The van der Waals surface area contributed by atoms with Crippen molar-refractivity contribution in [1.29, 1.82) is 0 Å². The van der Waals surface area contributed by atoms with E-state index >= 15 is 0 Å². The average Bonchev–Trinajstić information content (AvgIpc) is 2.59. The first-order valence-electron chi connectivity index (χ1n) is 7.89. The number of benzene rings is 3. The largest absolute Gasteiger partial charge is 0.483 e. The Labute approximate surface area is 144 Å². The minimum Gasteiger partial charge on any atom is -0.483 e. The van der Waals surface area contributed by atoms with Crippen LogP contribution < -0.4 is 10.1 Å². The highest BCUT2D eigenvalue weighted by molar-refractivity contribution is 5.88. The fourth-order valence-corrected chi connectivity index (χ4v) is 2.68. The van der Waals surface area contributed by atoms with Gasteiger partial charge in [-0.1, -0.05) is 42.5 Å². The molecule has 1 atom stereocenters. The Morgan fingerprint density at radius 2 is 1.84 bits per heavy atom. The molecule has 0 saturated carbocycles. The molecule has 0 bridgehead atoms. The summed E-state index contributed by atoms with van der Waals surface area (Å²) in [5.74, 6) is -1.13. The standard InChI is InChI=1S/C20H17F2NO2/c1-13(16-10-9-15(21)11-18(16)22)23-20(24)12-25-19-8-4-6-14-5-2-3-7-17(14)19/h2-11,13H,12H2,1H3,(H,23,24). The summed E-state index contributed by atoms with van der Waals surface area (Å²) in [5, 5.41) is 4.58. The molecule has 0 aromatic heterocycles. The Morgan fingerprint density at radius 1 is 1.08 bits per heavy atom. The molecule has 3 nitrogen and oxygen atoms in total. The van der Waals surface area contributed by atoms with Crippen molar-refractivity contribution in [1.82, 2.24) is 5.32 Å². The predicted octanol–water partition coefficient (Wildman–Crippen LogP) is 4.37. The van der Waals surface area contributed by atoms with Gasteiger partial charge < -0.3 is 10.1 Å². The van der Waals surface area contributed by atoms with Crippen LogP contribution in [0.15, 0.2) is 60.7 Å². The van der Waals surface area contributed by atoms with Crippen molar-refractivity contribution in [3.63, 3.8) is 0 Å². The maximum atomic E-state index is 13.8. The zero-order valence-corrected chi connectivity index (χ0v) is 13.6. The highest BCUT2D eigenvalue weighted by Crippen LogP contribution is 2.25. The lowest BCUT2D eigenvalue weighted by molar-refractivity contribution is -0.123. The summed E-state index contributed by atoms with van der Waals surface area (Å²) in [4.78, 5) is 12.1. The van der Waals surface area contributed by atoms with Gasteiger partial charge in [-0.05, 0) is 24.4 Å². The van der Waals surface area contributed by atoms with Gasteiger partial charge in [0.05, 0.1) is 6.04 Å². The van der Waals surface area contributed by atoms with E-state index in [0.29, 0.717) is 5.75 Å². The summed E-state index contributed by atoms with van der Waals surface area (Å²) in [5.41, 5.74) is 0.222. The second-order valence-electron chi connectivity index (χ2n) is 5.72. The SMILES string of the molecule is CC(NC(=O)COc1cccc2ccccc12)c1ccc(F)cc1F. The van der Waals surface area contributed by atoms with E-state index in [1.807, 2.05) is 36.4 Å². The van der Waals surface area contributed by atoms with Crippen LogP contribution in [0.3, 0.4) is 0 Å². The van der Waals surface area contributed by atoms with E-state index in [9.17, 15) is 13.6 Å². The number of rotatable bonds is 5. The molecular weight excluding hydrogens is 324 g/mol. The van der Waals surface area contributed by atoms with E-state index < -0.39 is 17.7 Å². The van der Waals surface area contributed by atoms with Crippen LogP contribution >= 0.6 is 0 Å². The third-order valence-electron chi connectivity index (χ3n) is 3.91. The van der Waals surface area contributed by atoms with E-state index in [0.717, 1.165) is 22.9 Å². The molecule has 0 aliphatic carbocycles. The first-order chi connectivity index (χ1) is 12.0. The quantitative estimate of drug-likeness (QED) is 0.748. The monoisotopic (exact) mass is 341 g/mol. The van der Waals surface area contributed by atoms with Gasteiger partial charge in [-0.25, -0.2) is 8.78 Å². The summed E-state index contributed by atoms with van der Waals surface area (Å²) < 4.78 is 32.3. The smallest absolute Gasteiger partial charge is 0.258 e. The van der Waals surface area contributed by atoms with Crippen LogP contribution in [0.1, 0.15) is 18.5 Å². The van der Waals surface area contributed by atoms with E-state index in [1.165, 1.54) is 6.07 Å². The molecule has 0 saturated heterocycles. The Bertz CT molecular complexity index is 906. The Hall–Kier alpha value is -2.95. The topological polar surface area (TPSA) is 38.3 Å². The molecule has 0 fully saturated rings. The van der Waals surface area contributed by atoms with Crippen molar-refractivity contribution in [3.8, 4) is 5.75 Å². The van der Waals surface area contributed by atoms with Crippen LogP contribution in [0.5, 0.6) is 5.75 Å². The molecule has 0 aliphatic heterocycles. The number of nitrogens with one attached hydrogen (secondary N) is 1. The molecule has 0 spiro atoms. The molecule has 128 valence electrons. The maximum absolute atomic E-state index is 13.8. The number of carbonyl (C=O) groups excluding carboxylic acids is 1. The minimum absolute atomic E-state index is 0.193. The number of amides is 1. The third kappa shape index (κ3) is 3.94. The lowest BCUT2D eigenvalue weighted by Gasteiger charge is -2.16. The zero-order valence-electron chi connectivity index (χ0n) is 13.6. The molecule has 3 aromatic rings. The van der Waals surface area contributed by atoms with Crippen molar-refractivity contribution >= 4 is 16.7 Å². The van der Waals surface area contributed by atoms with Crippen LogP contribution in [-0.4, -0.2) is 12.5 Å². The van der Waals surface area contributed by atoms with Gasteiger partial charge in [-0.2, -0.15) is 0 Å². The highest BCUT2D eigenvalue weighted by atomic mass is 19.1. The molecule has 3 rings (SSSR count). The molecule has 25 heavy (non-hydrogen) atoms. The molecule has 1 unspecified atom stereocenters. The summed E-state index contributed by atoms with van der Waals surface area (Å²) >= 11 is 0. The van der Waals surface area contributed by atoms with Crippen LogP contribution in [0.2, 0.25) is 0 Å². The van der Waals surface area contributed by atoms with Crippen molar-refractivity contribution in [2.75, 3.05) is 6.61 Å². The van der Waals surface area contributed by atoms with Gasteiger partial charge in [0.25, 0.3) is 5.91 Å². The Morgan fingerprint density at radius 3 is 2.64 bits per heavy atom. The van der Waals surface area contributed by atoms with E-state index in [-0.39, 0.29) is 18.1 Å². The summed E-state index contributed by atoms with van der Waals surface area (Å²) in [6.45, 7) is 1.44. The number of halogens is 2. The fourth-order valence-electron chi connectivity index (χ4n) is 2.68. The van der Waals surface area contributed by atoms with Crippen LogP contribution in [-0.2, 0) is 4.79 Å². The van der Waals surface area contributed by atoms with Crippen molar-refractivity contribution in [2.45, 2.75) is 13.0 Å². The van der Waals surface area contributed by atoms with Crippen LogP contribution in [0.25, 0.3) is 10.8 Å². The second-order valence-corrected chi connectivity index (χ2v) is 5.72. The van der Waals surface area contributed by atoms with Gasteiger partial charge in [0.2, 0.25) is 0 Å². The van der Waals surface area contributed by atoms with Gasteiger partial charge in [0.1, 0.15) is 17.4 Å². The summed E-state index contributed by atoms with van der Waals surface area (Å²) in [7, 11) is 0. The normalized spacial score (nSPS) is 12.0. The lowest BCUT2D eigenvalue weighted by Crippen LogP contribution is -2.31. The van der Waals surface area contributed by atoms with Gasteiger partial charge >= 0.3 is 0 Å². The molecular formula is C20H17F2NO2. The predicted molar refractivity (Wildman–Crippen MR) is 92.4 cm³/mol. The van der Waals surface area contributed by atoms with E-state index in [4.69, 9.17) is 4.74 Å². The van der Waals surface area contributed by atoms with E-state index in [1.54, 1.807) is 13.0 Å².